The van der Waals surface area contributed by atoms with E-state index in [0.29, 0.717) is 18.6 Å². The molecule has 2 aliphatic carbocycles. The van der Waals surface area contributed by atoms with E-state index in [1.807, 2.05) is 41.3 Å². The fourth-order valence-corrected chi connectivity index (χ4v) is 5.30. The maximum atomic E-state index is 13.8. The van der Waals surface area contributed by atoms with Crippen LogP contribution in [0.3, 0.4) is 0 Å². The van der Waals surface area contributed by atoms with Crippen molar-refractivity contribution in [2.24, 2.45) is 16.8 Å². The van der Waals surface area contributed by atoms with Crippen LogP contribution in [0.2, 0.25) is 0 Å². The van der Waals surface area contributed by atoms with Crippen LogP contribution in [0, 0.1) is 18.8 Å². The van der Waals surface area contributed by atoms with Crippen molar-refractivity contribution in [1.82, 2.24) is 0 Å². The maximum Gasteiger partial charge on any atom is 0.230 e. The van der Waals surface area contributed by atoms with Gasteiger partial charge in [0.15, 0.2) is 0 Å². The zero-order valence-corrected chi connectivity index (χ0v) is 18.6. The predicted molar refractivity (Wildman–Crippen MR) is 127 cm³/mol. The van der Waals surface area contributed by atoms with Crippen LogP contribution in [0.15, 0.2) is 76.3 Å². The standard InChI is InChI=1S/C28H26N2O3/c1-17-8-10-18(11-9-17)20-15-22-26(24(31)16-20)27(25-7-4-14-33-25)30(28(32)19-12-13-19)23-6-3-2-5-21(23)29-22/h2-11,14,19-20,26-27H,12-13,15-16H2,1H3/t20-,26?,27-/m1/s1. The summed E-state index contributed by atoms with van der Waals surface area (Å²) in [7, 11) is 0. The van der Waals surface area contributed by atoms with E-state index in [4.69, 9.17) is 9.41 Å². The molecule has 1 amide bonds. The quantitative estimate of drug-likeness (QED) is 0.510. The Hall–Kier alpha value is -3.47. The van der Waals surface area contributed by atoms with Crippen LogP contribution in [-0.4, -0.2) is 17.4 Å². The zero-order chi connectivity index (χ0) is 22.5. The van der Waals surface area contributed by atoms with Gasteiger partial charge in [0.05, 0.1) is 23.6 Å². The molecule has 5 heteroatoms. The minimum Gasteiger partial charge on any atom is -0.467 e. The van der Waals surface area contributed by atoms with E-state index >= 15 is 0 Å². The number of rotatable bonds is 3. The predicted octanol–water partition coefficient (Wildman–Crippen LogP) is 5.92. The van der Waals surface area contributed by atoms with E-state index in [-0.39, 0.29) is 23.5 Å². The molecule has 0 spiro atoms. The SMILES string of the molecule is Cc1ccc([C@H]2CC(=O)C3C(=Nc4ccccc4N(C(=O)C4CC4)[C@@H]3c3ccco3)C2)cc1. The fraction of sp³-hybridized carbons (Fsp3) is 0.321. The molecule has 3 atom stereocenters. The van der Waals surface area contributed by atoms with Gasteiger partial charge in [-0.25, -0.2) is 0 Å². The Balaban J connectivity index is 1.49. The van der Waals surface area contributed by atoms with E-state index in [2.05, 4.69) is 31.2 Å². The van der Waals surface area contributed by atoms with Crippen LogP contribution < -0.4 is 4.90 Å². The molecule has 1 aromatic heterocycles. The third-order valence-electron chi connectivity index (χ3n) is 7.16. The summed E-state index contributed by atoms with van der Waals surface area (Å²) in [6, 6.07) is 19.4. The summed E-state index contributed by atoms with van der Waals surface area (Å²) >= 11 is 0. The molecule has 2 aromatic carbocycles. The Bertz CT molecular complexity index is 1240. The Morgan fingerprint density at radius 3 is 2.52 bits per heavy atom. The number of para-hydroxylation sites is 2. The number of amides is 1. The van der Waals surface area contributed by atoms with Gasteiger partial charge in [0, 0.05) is 18.1 Å². The molecular weight excluding hydrogens is 412 g/mol. The number of nitrogens with zero attached hydrogens (tertiary/aromatic N) is 2. The third-order valence-corrected chi connectivity index (χ3v) is 7.16. The molecule has 2 fully saturated rings. The van der Waals surface area contributed by atoms with Crippen LogP contribution >= 0.6 is 0 Å². The van der Waals surface area contributed by atoms with Gasteiger partial charge in [0.2, 0.25) is 5.91 Å². The minimum absolute atomic E-state index is 0.0102. The highest BCUT2D eigenvalue weighted by Crippen LogP contribution is 2.49. The Kier molecular flexibility index (Phi) is 4.79. The number of carbonyl (C=O) groups is 2. The topological polar surface area (TPSA) is 62.9 Å². The second-order valence-electron chi connectivity index (χ2n) is 9.49. The Morgan fingerprint density at radius 1 is 1.00 bits per heavy atom. The molecule has 2 saturated carbocycles. The molecule has 3 aromatic rings. The van der Waals surface area contributed by atoms with Crippen molar-refractivity contribution in [3.63, 3.8) is 0 Å². The van der Waals surface area contributed by atoms with Crippen LogP contribution in [-0.2, 0) is 9.59 Å². The molecule has 0 saturated heterocycles. The number of fused-ring (bicyclic) bond motifs is 2. The number of furan rings is 1. The molecule has 5 nitrogen and oxygen atoms in total. The van der Waals surface area contributed by atoms with Crippen LogP contribution in [0.4, 0.5) is 11.4 Å². The first-order chi connectivity index (χ1) is 16.1. The van der Waals surface area contributed by atoms with Crippen molar-refractivity contribution >= 4 is 28.8 Å². The summed E-state index contributed by atoms with van der Waals surface area (Å²) in [6.07, 6.45) is 4.53. The molecule has 1 unspecified atom stereocenters. The summed E-state index contributed by atoms with van der Waals surface area (Å²) in [6.45, 7) is 2.07. The lowest BCUT2D eigenvalue weighted by Crippen LogP contribution is -2.46. The lowest BCUT2D eigenvalue weighted by atomic mass is 9.72. The first kappa shape index (κ1) is 20.2. The van der Waals surface area contributed by atoms with Crippen LogP contribution in [0.1, 0.15) is 54.5 Å². The summed E-state index contributed by atoms with van der Waals surface area (Å²) in [5, 5.41) is 0. The zero-order valence-electron chi connectivity index (χ0n) is 18.6. The van der Waals surface area contributed by atoms with Gasteiger partial charge in [-0.1, -0.05) is 42.0 Å². The van der Waals surface area contributed by atoms with Gasteiger partial charge < -0.3 is 4.42 Å². The number of hydrogen-bond donors (Lipinski definition) is 0. The number of Topliss-reactive ketones (excluding diaryl/α,β-unsaturated/α-hetero) is 1. The monoisotopic (exact) mass is 438 g/mol. The van der Waals surface area contributed by atoms with Crippen molar-refractivity contribution in [2.75, 3.05) is 4.90 Å². The van der Waals surface area contributed by atoms with Gasteiger partial charge >= 0.3 is 0 Å². The smallest absolute Gasteiger partial charge is 0.230 e. The van der Waals surface area contributed by atoms with E-state index < -0.39 is 12.0 Å². The normalized spacial score (nSPS) is 24.5. The molecule has 0 bridgehead atoms. The number of benzene rings is 2. The number of aryl methyl sites for hydroxylation is 1. The number of hydrogen-bond acceptors (Lipinski definition) is 4. The number of carbonyl (C=O) groups excluding carboxylic acids is 2. The van der Waals surface area contributed by atoms with Gasteiger partial charge in [-0.2, -0.15) is 0 Å². The molecule has 0 radical (unpaired) electrons. The van der Waals surface area contributed by atoms with Crippen molar-refractivity contribution < 1.29 is 14.0 Å². The molecule has 33 heavy (non-hydrogen) atoms. The lowest BCUT2D eigenvalue weighted by molar-refractivity contribution is -0.123. The van der Waals surface area contributed by atoms with Crippen molar-refractivity contribution in [2.45, 2.75) is 44.6 Å². The highest BCUT2D eigenvalue weighted by molar-refractivity contribution is 6.13. The van der Waals surface area contributed by atoms with Gasteiger partial charge in [-0.3, -0.25) is 19.5 Å². The van der Waals surface area contributed by atoms with Crippen LogP contribution in [0.25, 0.3) is 0 Å². The van der Waals surface area contributed by atoms with E-state index in [1.165, 1.54) is 5.56 Å². The van der Waals surface area contributed by atoms with Gasteiger partial charge in [0.1, 0.15) is 17.6 Å². The Labute approximate surface area is 193 Å². The largest absolute Gasteiger partial charge is 0.467 e. The highest BCUT2D eigenvalue weighted by atomic mass is 16.3. The molecular formula is C28H26N2O3. The summed E-state index contributed by atoms with van der Waals surface area (Å²) in [5.74, 6) is 0.412. The lowest BCUT2D eigenvalue weighted by Gasteiger charge is -2.37. The van der Waals surface area contributed by atoms with Gasteiger partial charge in [-0.05, 0) is 61.9 Å². The highest BCUT2D eigenvalue weighted by Gasteiger charge is 2.49. The number of anilines is 1. The third kappa shape index (κ3) is 3.52. The average Bonchev–Trinajstić information content (AvgIpc) is 3.56. The van der Waals surface area contributed by atoms with Crippen molar-refractivity contribution in [3.05, 3.63) is 83.8 Å². The minimum atomic E-state index is -0.512. The Morgan fingerprint density at radius 2 is 1.79 bits per heavy atom. The number of aliphatic imine (C=N–C) groups is 1. The fourth-order valence-electron chi connectivity index (χ4n) is 5.30. The van der Waals surface area contributed by atoms with E-state index in [0.717, 1.165) is 35.5 Å². The number of ketones is 1. The summed E-state index contributed by atoms with van der Waals surface area (Å²) < 4.78 is 5.85. The molecule has 3 aliphatic rings. The van der Waals surface area contributed by atoms with E-state index in [9.17, 15) is 9.59 Å². The van der Waals surface area contributed by atoms with Crippen molar-refractivity contribution in [3.8, 4) is 0 Å². The summed E-state index contributed by atoms with van der Waals surface area (Å²) in [5.41, 5.74) is 4.71. The van der Waals surface area contributed by atoms with Crippen molar-refractivity contribution in [1.29, 1.82) is 0 Å². The van der Waals surface area contributed by atoms with Crippen LogP contribution in [0.5, 0.6) is 0 Å². The van der Waals surface area contributed by atoms with E-state index in [1.54, 1.807) is 6.26 Å². The first-order valence-electron chi connectivity index (χ1n) is 11.7. The maximum absolute atomic E-state index is 13.8. The average molecular weight is 439 g/mol. The molecule has 1 aliphatic heterocycles. The molecule has 6 rings (SSSR count). The molecule has 2 heterocycles. The van der Waals surface area contributed by atoms with Gasteiger partial charge in [-0.15, -0.1) is 0 Å². The van der Waals surface area contributed by atoms with Gasteiger partial charge in [0.25, 0.3) is 0 Å². The second-order valence-corrected chi connectivity index (χ2v) is 9.49. The summed E-state index contributed by atoms with van der Waals surface area (Å²) in [4.78, 5) is 34.2. The molecule has 166 valence electrons. The molecule has 0 N–H and O–H groups in total. The second kappa shape index (κ2) is 7.84. The first-order valence-corrected chi connectivity index (χ1v) is 11.7.